The van der Waals surface area contributed by atoms with Gasteiger partial charge in [0.25, 0.3) is 5.91 Å². The van der Waals surface area contributed by atoms with E-state index in [4.69, 9.17) is 4.74 Å². The number of methoxy groups -OCH3 is 1. The van der Waals surface area contributed by atoms with Gasteiger partial charge in [-0.15, -0.1) is 0 Å². The molecule has 2 N–H and O–H groups in total. The summed E-state index contributed by atoms with van der Waals surface area (Å²) in [6, 6.07) is 19.2. The number of hydrogen-bond donors (Lipinski definition) is 2. The lowest BCUT2D eigenvalue weighted by Gasteiger charge is -2.23. The first-order valence-corrected chi connectivity index (χ1v) is 10.3. The van der Waals surface area contributed by atoms with Crippen LogP contribution in [0.15, 0.2) is 77.3 Å². The van der Waals surface area contributed by atoms with Crippen molar-refractivity contribution < 1.29 is 18.7 Å². The molecule has 0 atom stereocenters. The van der Waals surface area contributed by atoms with Crippen LogP contribution in [0.2, 0.25) is 0 Å². The number of amides is 3. The zero-order chi connectivity index (χ0) is 22.2. The molecule has 6 nitrogen and oxygen atoms in total. The Hall–Kier alpha value is -3.39. The third kappa shape index (κ3) is 6.05. The Balaban J connectivity index is 1.69. The second-order valence-electron chi connectivity index (χ2n) is 6.52. The maximum atomic E-state index is 13.4. The van der Waals surface area contributed by atoms with Gasteiger partial charge in [0.1, 0.15) is 11.6 Å². The van der Waals surface area contributed by atoms with Crippen LogP contribution in [-0.4, -0.2) is 32.1 Å². The van der Waals surface area contributed by atoms with E-state index < -0.39 is 11.8 Å². The Labute approximate surface area is 188 Å². The molecule has 3 aromatic rings. The Kier molecular flexibility index (Phi) is 7.61. The summed E-state index contributed by atoms with van der Waals surface area (Å²) in [4.78, 5) is 26.8. The lowest BCUT2D eigenvalue weighted by molar-refractivity contribution is 0.0987. The standard InChI is InChI=1S/C23H21BrFN3O3/c1-31-19-12-6-16(7-13-19)22(29)28(18-10-8-17(25)9-11-18)15-14-26-23(30)27-21-5-3-2-4-20(21)24/h2-13H,14-15H2,1H3,(H2,26,27,30). The number of halogens is 2. The highest BCUT2D eigenvalue weighted by molar-refractivity contribution is 9.10. The topological polar surface area (TPSA) is 70.7 Å². The summed E-state index contributed by atoms with van der Waals surface area (Å²) in [5, 5.41) is 5.48. The van der Waals surface area contributed by atoms with Gasteiger partial charge in [0.15, 0.2) is 0 Å². The van der Waals surface area contributed by atoms with Crippen molar-refractivity contribution in [3.8, 4) is 5.75 Å². The second-order valence-corrected chi connectivity index (χ2v) is 7.38. The Morgan fingerprint density at radius 2 is 1.68 bits per heavy atom. The fourth-order valence-corrected chi connectivity index (χ4v) is 3.25. The van der Waals surface area contributed by atoms with Gasteiger partial charge in [-0.25, -0.2) is 9.18 Å². The Bertz CT molecular complexity index is 1040. The van der Waals surface area contributed by atoms with E-state index in [0.717, 1.165) is 4.47 Å². The quantitative estimate of drug-likeness (QED) is 0.490. The number of ether oxygens (including phenoxy) is 1. The van der Waals surface area contributed by atoms with Crippen molar-refractivity contribution in [1.82, 2.24) is 5.32 Å². The molecule has 0 aliphatic heterocycles. The lowest BCUT2D eigenvalue weighted by atomic mass is 10.1. The van der Waals surface area contributed by atoms with Crippen molar-refractivity contribution in [2.45, 2.75) is 0 Å². The van der Waals surface area contributed by atoms with Gasteiger partial charge >= 0.3 is 6.03 Å². The molecule has 0 spiro atoms. The molecule has 0 fully saturated rings. The highest BCUT2D eigenvalue weighted by Gasteiger charge is 2.18. The molecule has 0 aliphatic carbocycles. The number of carbonyl (C=O) groups excluding carboxylic acids is 2. The van der Waals surface area contributed by atoms with Gasteiger partial charge in [-0.1, -0.05) is 12.1 Å². The molecule has 0 heterocycles. The predicted octanol–water partition coefficient (Wildman–Crippen LogP) is 5.07. The number of para-hydroxylation sites is 1. The number of hydrogen-bond acceptors (Lipinski definition) is 3. The molecule has 0 unspecified atom stereocenters. The van der Waals surface area contributed by atoms with Crippen molar-refractivity contribution in [2.75, 3.05) is 30.4 Å². The fourth-order valence-electron chi connectivity index (χ4n) is 2.87. The zero-order valence-corrected chi connectivity index (χ0v) is 18.4. The van der Waals surface area contributed by atoms with E-state index in [-0.39, 0.29) is 19.0 Å². The highest BCUT2D eigenvalue weighted by Crippen LogP contribution is 2.21. The van der Waals surface area contributed by atoms with E-state index in [1.165, 1.54) is 29.2 Å². The van der Waals surface area contributed by atoms with Crippen LogP contribution in [0.3, 0.4) is 0 Å². The summed E-state index contributed by atoms with van der Waals surface area (Å²) in [5.74, 6) is -0.0379. The summed E-state index contributed by atoms with van der Waals surface area (Å²) in [6.07, 6.45) is 0. The molecule has 31 heavy (non-hydrogen) atoms. The van der Waals surface area contributed by atoms with Crippen LogP contribution >= 0.6 is 15.9 Å². The number of carbonyl (C=O) groups is 2. The minimum atomic E-state index is -0.400. The number of urea groups is 1. The Morgan fingerprint density at radius 3 is 2.32 bits per heavy atom. The number of nitrogens with one attached hydrogen (secondary N) is 2. The number of benzene rings is 3. The summed E-state index contributed by atoms with van der Waals surface area (Å²) < 4.78 is 19.3. The van der Waals surface area contributed by atoms with E-state index in [1.54, 1.807) is 37.4 Å². The SMILES string of the molecule is COc1ccc(C(=O)N(CCNC(=O)Nc2ccccc2Br)c2ccc(F)cc2)cc1. The average molecular weight is 486 g/mol. The van der Waals surface area contributed by atoms with E-state index in [0.29, 0.717) is 22.7 Å². The van der Waals surface area contributed by atoms with E-state index in [9.17, 15) is 14.0 Å². The van der Waals surface area contributed by atoms with E-state index in [2.05, 4.69) is 26.6 Å². The number of rotatable bonds is 7. The molecule has 0 radical (unpaired) electrons. The van der Waals surface area contributed by atoms with Crippen LogP contribution in [0.25, 0.3) is 0 Å². The van der Waals surface area contributed by atoms with Gasteiger partial charge in [-0.3, -0.25) is 4.79 Å². The van der Waals surface area contributed by atoms with Gasteiger partial charge < -0.3 is 20.3 Å². The summed E-state index contributed by atoms with van der Waals surface area (Å²) >= 11 is 3.37. The molecule has 0 aromatic heterocycles. The molecular formula is C23H21BrFN3O3. The van der Waals surface area contributed by atoms with Crippen LogP contribution in [0.4, 0.5) is 20.6 Å². The summed E-state index contributed by atoms with van der Waals surface area (Å²) in [7, 11) is 1.55. The van der Waals surface area contributed by atoms with E-state index in [1.807, 2.05) is 18.2 Å². The van der Waals surface area contributed by atoms with Crippen molar-refractivity contribution in [2.24, 2.45) is 0 Å². The normalized spacial score (nSPS) is 10.3. The fraction of sp³-hybridized carbons (Fsp3) is 0.130. The Morgan fingerprint density at radius 1 is 1.00 bits per heavy atom. The lowest BCUT2D eigenvalue weighted by Crippen LogP contribution is -2.40. The van der Waals surface area contributed by atoms with Crippen LogP contribution in [-0.2, 0) is 0 Å². The van der Waals surface area contributed by atoms with Crippen LogP contribution in [0.1, 0.15) is 10.4 Å². The third-order valence-electron chi connectivity index (χ3n) is 4.46. The molecule has 0 aliphatic rings. The zero-order valence-electron chi connectivity index (χ0n) is 16.8. The number of anilines is 2. The molecule has 0 saturated carbocycles. The molecule has 8 heteroatoms. The first-order chi connectivity index (χ1) is 15.0. The molecule has 0 bridgehead atoms. The predicted molar refractivity (Wildman–Crippen MR) is 122 cm³/mol. The molecular weight excluding hydrogens is 465 g/mol. The van der Waals surface area contributed by atoms with Gasteiger partial charge in [0.2, 0.25) is 0 Å². The highest BCUT2D eigenvalue weighted by atomic mass is 79.9. The first kappa shape index (κ1) is 22.3. The largest absolute Gasteiger partial charge is 0.497 e. The maximum Gasteiger partial charge on any atom is 0.319 e. The summed E-state index contributed by atoms with van der Waals surface area (Å²) in [6.45, 7) is 0.384. The van der Waals surface area contributed by atoms with Crippen LogP contribution in [0.5, 0.6) is 5.75 Å². The average Bonchev–Trinajstić information content (AvgIpc) is 2.79. The van der Waals surface area contributed by atoms with Crippen molar-refractivity contribution in [3.05, 3.63) is 88.6 Å². The molecule has 160 valence electrons. The van der Waals surface area contributed by atoms with Crippen molar-refractivity contribution in [3.63, 3.8) is 0 Å². The monoisotopic (exact) mass is 485 g/mol. The minimum Gasteiger partial charge on any atom is -0.497 e. The molecule has 0 saturated heterocycles. The first-order valence-electron chi connectivity index (χ1n) is 9.49. The van der Waals surface area contributed by atoms with Crippen LogP contribution < -0.4 is 20.3 Å². The van der Waals surface area contributed by atoms with Crippen molar-refractivity contribution in [1.29, 1.82) is 0 Å². The van der Waals surface area contributed by atoms with Gasteiger partial charge in [0, 0.05) is 28.8 Å². The van der Waals surface area contributed by atoms with Gasteiger partial charge in [-0.05, 0) is 76.6 Å². The van der Waals surface area contributed by atoms with Gasteiger partial charge in [0.05, 0.1) is 12.8 Å². The third-order valence-corrected chi connectivity index (χ3v) is 5.15. The molecule has 3 aromatic carbocycles. The minimum absolute atomic E-state index is 0.190. The smallest absolute Gasteiger partial charge is 0.319 e. The molecule has 3 amide bonds. The summed E-state index contributed by atoms with van der Waals surface area (Å²) in [5.41, 5.74) is 1.60. The second kappa shape index (κ2) is 10.6. The van der Waals surface area contributed by atoms with E-state index >= 15 is 0 Å². The number of nitrogens with zero attached hydrogens (tertiary/aromatic N) is 1. The van der Waals surface area contributed by atoms with Crippen molar-refractivity contribution >= 4 is 39.2 Å². The maximum absolute atomic E-state index is 13.4. The molecule has 3 rings (SSSR count). The van der Waals surface area contributed by atoms with Gasteiger partial charge in [-0.2, -0.15) is 0 Å². The van der Waals surface area contributed by atoms with Crippen LogP contribution in [0, 0.1) is 5.82 Å².